The van der Waals surface area contributed by atoms with Gasteiger partial charge in [-0.1, -0.05) is 202 Å². The maximum atomic E-state index is 7.40. The molecular formula is C70H80N2O2S2. The molecule has 7 aromatic carbocycles. The van der Waals surface area contributed by atoms with Crippen LogP contribution in [0.15, 0.2) is 182 Å². The highest BCUT2D eigenvalue weighted by Gasteiger charge is 2.25. The van der Waals surface area contributed by atoms with Gasteiger partial charge in [0.2, 0.25) is 0 Å². The van der Waals surface area contributed by atoms with E-state index in [2.05, 4.69) is 219 Å². The molecule has 0 saturated carbocycles. The second-order valence-corrected chi connectivity index (χ2v) is 22.9. The Labute approximate surface area is 463 Å². The number of thiophene rings is 2. The molecule has 2 heterocycles. The van der Waals surface area contributed by atoms with Crippen molar-refractivity contribution in [1.82, 2.24) is 0 Å². The van der Waals surface area contributed by atoms with Gasteiger partial charge in [0.15, 0.2) is 0 Å². The maximum absolute atomic E-state index is 7.40. The number of para-hydroxylation sites is 4. The number of hydrogen-bond donors (Lipinski definition) is 0. The second kappa shape index (κ2) is 28.2. The molecule has 9 aromatic rings. The fourth-order valence-corrected chi connectivity index (χ4v) is 13.1. The summed E-state index contributed by atoms with van der Waals surface area (Å²) in [6.07, 6.45) is 19.9. The minimum atomic E-state index is 0.511. The lowest BCUT2D eigenvalue weighted by Crippen LogP contribution is -2.14. The molecule has 9 rings (SSSR count). The van der Waals surface area contributed by atoms with Crippen molar-refractivity contribution in [3.8, 4) is 32.4 Å². The summed E-state index contributed by atoms with van der Waals surface area (Å²) < 4.78 is 17.2. The van der Waals surface area contributed by atoms with Crippen LogP contribution in [-0.2, 0) is 0 Å². The molecule has 0 N–H and O–H groups in total. The minimum Gasteiger partial charge on any atom is -0.491 e. The van der Waals surface area contributed by atoms with Crippen LogP contribution in [0.1, 0.15) is 130 Å². The van der Waals surface area contributed by atoms with Crippen molar-refractivity contribution in [3.05, 3.63) is 182 Å². The lowest BCUT2D eigenvalue weighted by atomic mass is 9.96. The van der Waals surface area contributed by atoms with Crippen molar-refractivity contribution in [2.45, 2.75) is 130 Å². The SMILES string of the molecule is CCCCCCC(CCCC)COc1c2cc(-c3ccc(N(c4ccccc4)c4ccccc4)cc3)sc2c(OCC(CCCC)CCCCCC)c2cc(-c3ccc(N(c4ccccc4)c4ccccc4)cc3)sc12. The largest absolute Gasteiger partial charge is 0.491 e. The van der Waals surface area contributed by atoms with Gasteiger partial charge in [0, 0.05) is 54.7 Å². The van der Waals surface area contributed by atoms with Crippen LogP contribution in [0.2, 0.25) is 0 Å². The molecular weight excluding hydrogens is 965 g/mol. The summed E-state index contributed by atoms with van der Waals surface area (Å²) in [7, 11) is 0. The van der Waals surface area contributed by atoms with Gasteiger partial charge in [-0.05, 0) is 134 Å². The maximum Gasteiger partial charge on any atom is 0.146 e. The smallest absolute Gasteiger partial charge is 0.146 e. The molecule has 0 amide bonds. The van der Waals surface area contributed by atoms with Gasteiger partial charge in [0.25, 0.3) is 0 Å². The first kappa shape index (κ1) is 54.4. The van der Waals surface area contributed by atoms with Gasteiger partial charge in [-0.3, -0.25) is 0 Å². The van der Waals surface area contributed by atoms with Crippen molar-refractivity contribution < 1.29 is 9.47 Å². The van der Waals surface area contributed by atoms with Crippen LogP contribution in [0.4, 0.5) is 34.1 Å². The summed E-state index contributed by atoms with van der Waals surface area (Å²) in [6, 6.07) is 65.9. The Morgan fingerprint density at radius 1 is 0.342 bits per heavy atom. The molecule has 0 saturated heterocycles. The molecule has 0 aliphatic heterocycles. The van der Waals surface area contributed by atoms with Crippen molar-refractivity contribution >= 4 is 77.0 Å². The molecule has 6 heteroatoms. The van der Waals surface area contributed by atoms with Gasteiger partial charge >= 0.3 is 0 Å². The first-order valence-electron chi connectivity index (χ1n) is 28.9. The number of rotatable bonds is 30. The van der Waals surface area contributed by atoms with E-state index in [1.54, 1.807) is 0 Å². The quantitative estimate of drug-likeness (QED) is 0.0419. The Hall–Kier alpha value is -6.34. The third kappa shape index (κ3) is 13.8. The zero-order valence-corrected chi connectivity index (χ0v) is 47.4. The monoisotopic (exact) mass is 1040 g/mol. The number of benzene rings is 7. The first-order valence-corrected chi connectivity index (χ1v) is 30.5. The fraction of sp³-hybridized carbons (Fsp3) is 0.343. The standard InChI is InChI=1S/C70H80N2O2S2/c1-5-9-13-19-31-53(29-11-7-3)51-73-67-63-49-65(55-41-45-61(46-42-55)71(57-33-21-15-22-34-57)58-35-23-16-24-36-58)76-70(63)68(74-52-54(30-12-8-4)32-20-14-10-6-2)64-50-66(75-69(64)67)56-43-47-62(48-44-56)72(59-37-25-17-26-38-59)60-39-27-18-28-40-60/h15-18,21-28,33-50,53-54H,5-14,19-20,29-32,51-52H2,1-4H3. The van der Waals surface area contributed by atoms with Crippen LogP contribution in [0.5, 0.6) is 11.5 Å². The Balaban J connectivity index is 1.15. The molecule has 0 aliphatic carbocycles. The average molecular weight is 1050 g/mol. The van der Waals surface area contributed by atoms with E-state index in [-0.39, 0.29) is 0 Å². The van der Waals surface area contributed by atoms with E-state index in [4.69, 9.17) is 9.47 Å². The average Bonchev–Trinajstić information content (AvgIpc) is 4.14. The highest BCUT2D eigenvalue weighted by atomic mass is 32.1. The highest BCUT2D eigenvalue weighted by Crippen LogP contribution is 2.53. The zero-order chi connectivity index (χ0) is 52.3. The van der Waals surface area contributed by atoms with Crippen molar-refractivity contribution in [2.75, 3.05) is 23.0 Å². The van der Waals surface area contributed by atoms with Gasteiger partial charge in [0.05, 0.1) is 22.6 Å². The van der Waals surface area contributed by atoms with Crippen LogP contribution >= 0.6 is 22.7 Å². The zero-order valence-electron chi connectivity index (χ0n) is 45.7. The van der Waals surface area contributed by atoms with E-state index in [1.807, 2.05) is 22.7 Å². The van der Waals surface area contributed by atoms with E-state index in [0.717, 1.165) is 58.8 Å². The Morgan fingerprint density at radius 2 is 0.645 bits per heavy atom. The number of fused-ring (bicyclic) bond motifs is 2. The van der Waals surface area contributed by atoms with Crippen LogP contribution < -0.4 is 19.3 Å². The number of hydrogen-bond acceptors (Lipinski definition) is 6. The van der Waals surface area contributed by atoms with Gasteiger partial charge in [-0.2, -0.15) is 0 Å². The van der Waals surface area contributed by atoms with E-state index >= 15 is 0 Å². The molecule has 2 unspecified atom stereocenters. The summed E-state index contributed by atoms with van der Waals surface area (Å²) in [6.45, 7) is 10.7. The minimum absolute atomic E-state index is 0.511. The summed E-state index contributed by atoms with van der Waals surface area (Å²) in [5.74, 6) is 3.05. The number of nitrogens with zero attached hydrogens (tertiary/aromatic N) is 2. The molecule has 76 heavy (non-hydrogen) atoms. The Morgan fingerprint density at radius 3 is 0.961 bits per heavy atom. The molecule has 0 bridgehead atoms. The first-order chi connectivity index (χ1) is 37.6. The number of unbranched alkanes of at least 4 members (excludes halogenated alkanes) is 8. The lowest BCUT2D eigenvalue weighted by Gasteiger charge is -2.25. The summed E-state index contributed by atoms with van der Waals surface area (Å²) >= 11 is 3.72. The summed E-state index contributed by atoms with van der Waals surface area (Å²) in [5, 5.41) is 2.33. The van der Waals surface area contributed by atoms with Gasteiger partial charge < -0.3 is 19.3 Å². The predicted octanol–water partition coefficient (Wildman–Crippen LogP) is 22.7. The molecule has 394 valence electrons. The Bertz CT molecular complexity index is 2750. The van der Waals surface area contributed by atoms with Gasteiger partial charge in [0.1, 0.15) is 11.5 Å². The molecule has 2 aromatic heterocycles. The third-order valence-corrected chi connectivity index (χ3v) is 17.4. The van der Waals surface area contributed by atoms with Gasteiger partial charge in [-0.15, -0.1) is 22.7 Å². The van der Waals surface area contributed by atoms with Crippen LogP contribution in [0, 0.1) is 11.8 Å². The lowest BCUT2D eigenvalue weighted by molar-refractivity contribution is 0.227. The summed E-state index contributed by atoms with van der Waals surface area (Å²) in [5.41, 5.74) is 9.17. The van der Waals surface area contributed by atoms with Gasteiger partial charge in [-0.25, -0.2) is 0 Å². The van der Waals surface area contributed by atoms with E-state index in [9.17, 15) is 0 Å². The molecule has 0 aliphatic rings. The molecule has 0 spiro atoms. The highest BCUT2D eigenvalue weighted by molar-refractivity contribution is 7.24. The molecule has 0 radical (unpaired) electrons. The predicted molar refractivity (Wildman–Crippen MR) is 332 cm³/mol. The van der Waals surface area contributed by atoms with Crippen LogP contribution in [-0.4, -0.2) is 13.2 Å². The van der Waals surface area contributed by atoms with Crippen molar-refractivity contribution in [1.29, 1.82) is 0 Å². The van der Waals surface area contributed by atoms with E-state index in [0.29, 0.717) is 11.8 Å². The van der Waals surface area contributed by atoms with Crippen LogP contribution in [0.25, 0.3) is 41.1 Å². The molecule has 0 fully saturated rings. The number of anilines is 6. The van der Waals surface area contributed by atoms with Crippen LogP contribution in [0.3, 0.4) is 0 Å². The summed E-state index contributed by atoms with van der Waals surface area (Å²) in [4.78, 5) is 7.12. The van der Waals surface area contributed by atoms with Crippen molar-refractivity contribution in [3.63, 3.8) is 0 Å². The molecule has 2 atom stereocenters. The topological polar surface area (TPSA) is 24.9 Å². The van der Waals surface area contributed by atoms with E-state index in [1.165, 1.54) is 144 Å². The van der Waals surface area contributed by atoms with Crippen molar-refractivity contribution in [2.24, 2.45) is 11.8 Å². The second-order valence-electron chi connectivity index (χ2n) is 20.8. The number of ether oxygens (including phenoxy) is 2. The fourth-order valence-electron chi connectivity index (χ4n) is 10.8. The molecule has 4 nitrogen and oxygen atoms in total. The normalized spacial score (nSPS) is 12.3. The Kier molecular flexibility index (Phi) is 20.2. The third-order valence-electron chi connectivity index (χ3n) is 15.0. The van der Waals surface area contributed by atoms with E-state index < -0.39 is 0 Å².